The molecule has 2 atom stereocenters. The van der Waals surface area contributed by atoms with E-state index in [1.807, 2.05) is 0 Å². The number of rotatable bonds is 4. The summed E-state index contributed by atoms with van der Waals surface area (Å²) < 4.78 is 5.90. The molecule has 2 rings (SSSR count). The van der Waals surface area contributed by atoms with Crippen LogP contribution in [0.1, 0.15) is 26.7 Å². The summed E-state index contributed by atoms with van der Waals surface area (Å²) in [5, 5.41) is 3.70. The van der Waals surface area contributed by atoms with Gasteiger partial charge in [0.1, 0.15) is 0 Å². The number of morpholine rings is 1. The van der Waals surface area contributed by atoms with Crippen LogP contribution < -0.4 is 5.32 Å². The van der Waals surface area contributed by atoms with Gasteiger partial charge in [-0.25, -0.2) is 0 Å². The van der Waals surface area contributed by atoms with Crippen molar-refractivity contribution in [3.63, 3.8) is 0 Å². The van der Waals surface area contributed by atoms with Crippen molar-refractivity contribution in [3.05, 3.63) is 0 Å². The molecule has 4 nitrogen and oxygen atoms in total. The molecule has 0 radical (unpaired) electrons. The van der Waals surface area contributed by atoms with E-state index in [-0.39, 0.29) is 0 Å². The lowest BCUT2D eigenvalue weighted by molar-refractivity contribution is -0.0358. The number of likely N-dealkylation sites (N-methyl/N-ethyl adjacent to an activating group) is 1. The molecule has 2 heterocycles. The van der Waals surface area contributed by atoms with Crippen LogP contribution in [0.4, 0.5) is 0 Å². The second-order valence-electron chi connectivity index (χ2n) is 6.65. The second kappa shape index (κ2) is 7.58. The Bertz CT molecular complexity index is 260. The smallest absolute Gasteiger partial charge is 0.0829 e. The van der Waals surface area contributed by atoms with Crippen LogP contribution >= 0.6 is 0 Å². The third-order valence-corrected chi connectivity index (χ3v) is 4.12. The Kier molecular flexibility index (Phi) is 6.07. The molecule has 0 aromatic carbocycles. The van der Waals surface area contributed by atoms with Crippen LogP contribution in [0.25, 0.3) is 0 Å². The molecular formula is C15H31N3O. The highest BCUT2D eigenvalue weighted by Crippen LogP contribution is 2.12. The van der Waals surface area contributed by atoms with Crippen molar-refractivity contribution in [3.8, 4) is 0 Å². The van der Waals surface area contributed by atoms with E-state index in [1.165, 1.54) is 32.5 Å². The monoisotopic (exact) mass is 269 g/mol. The molecule has 4 heteroatoms. The van der Waals surface area contributed by atoms with Crippen LogP contribution in [0.2, 0.25) is 0 Å². The molecular weight excluding hydrogens is 238 g/mol. The maximum absolute atomic E-state index is 5.90. The van der Waals surface area contributed by atoms with E-state index in [0.717, 1.165) is 32.2 Å². The van der Waals surface area contributed by atoms with Gasteiger partial charge in [0, 0.05) is 32.2 Å². The highest BCUT2D eigenvalue weighted by atomic mass is 16.5. The van der Waals surface area contributed by atoms with E-state index in [0.29, 0.717) is 12.1 Å². The summed E-state index contributed by atoms with van der Waals surface area (Å²) in [5.41, 5.74) is 0. The summed E-state index contributed by atoms with van der Waals surface area (Å²) in [6, 6.07) is 0.656. The normalized spacial score (nSPS) is 31.6. The van der Waals surface area contributed by atoms with Crippen LogP contribution in [0.15, 0.2) is 0 Å². The molecule has 2 fully saturated rings. The molecule has 112 valence electrons. The molecule has 2 saturated heterocycles. The van der Waals surface area contributed by atoms with Crippen LogP contribution in [0.5, 0.6) is 0 Å². The van der Waals surface area contributed by atoms with Gasteiger partial charge in [-0.1, -0.05) is 13.8 Å². The number of ether oxygens (including phenoxy) is 1. The highest BCUT2D eigenvalue weighted by Gasteiger charge is 2.24. The third-order valence-electron chi connectivity index (χ3n) is 4.12. The minimum Gasteiger partial charge on any atom is -0.374 e. The zero-order chi connectivity index (χ0) is 13.7. The fourth-order valence-corrected chi connectivity index (χ4v) is 3.23. The fraction of sp³-hybridized carbons (Fsp3) is 1.00. The summed E-state index contributed by atoms with van der Waals surface area (Å²) in [4.78, 5) is 4.99. The van der Waals surface area contributed by atoms with Gasteiger partial charge < -0.3 is 15.0 Å². The summed E-state index contributed by atoms with van der Waals surface area (Å²) in [5.74, 6) is 0.773. The molecule has 1 N–H and O–H groups in total. The molecule has 0 aliphatic carbocycles. The topological polar surface area (TPSA) is 27.7 Å². The average Bonchev–Trinajstić information content (AvgIpc) is 2.53. The van der Waals surface area contributed by atoms with E-state index in [4.69, 9.17) is 4.74 Å². The summed E-state index contributed by atoms with van der Waals surface area (Å²) in [7, 11) is 2.20. The van der Waals surface area contributed by atoms with Crippen LogP contribution in [0.3, 0.4) is 0 Å². The SMILES string of the molecule is CC(C)CC1CN(CC2CN(C)CCO2)CCCN1. The standard InChI is InChI=1S/C15H31N3O/c1-13(2)9-14-10-18(6-4-5-16-14)12-15-11-17(3)7-8-19-15/h13-16H,4-12H2,1-3H3. The minimum atomic E-state index is 0.400. The number of nitrogens with one attached hydrogen (secondary N) is 1. The molecule has 0 aromatic rings. The minimum absolute atomic E-state index is 0.400. The van der Waals surface area contributed by atoms with Crippen LogP contribution in [-0.2, 0) is 4.74 Å². The third kappa shape index (κ3) is 5.38. The Morgan fingerprint density at radius 1 is 1.26 bits per heavy atom. The van der Waals surface area contributed by atoms with E-state index in [1.54, 1.807) is 0 Å². The number of hydrogen-bond donors (Lipinski definition) is 1. The maximum atomic E-state index is 5.90. The summed E-state index contributed by atoms with van der Waals surface area (Å²) in [6.45, 7) is 12.3. The van der Waals surface area contributed by atoms with Gasteiger partial charge in [0.05, 0.1) is 12.7 Å². The zero-order valence-electron chi connectivity index (χ0n) is 12.9. The van der Waals surface area contributed by atoms with E-state index < -0.39 is 0 Å². The average molecular weight is 269 g/mol. The lowest BCUT2D eigenvalue weighted by atomic mass is 10.0. The van der Waals surface area contributed by atoms with Gasteiger partial charge in [0.25, 0.3) is 0 Å². The van der Waals surface area contributed by atoms with Gasteiger partial charge in [-0.3, -0.25) is 4.90 Å². The van der Waals surface area contributed by atoms with Crippen molar-refractivity contribution in [2.45, 2.75) is 38.8 Å². The summed E-state index contributed by atoms with van der Waals surface area (Å²) in [6.07, 6.45) is 2.94. The quantitative estimate of drug-likeness (QED) is 0.825. The van der Waals surface area contributed by atoms with E-state index in [9.17, 15) is 0 Å². The largest absolute Gasteiger partial charge is 0.374 e. The molecule has 0 spiro atoms. The van der Waals surface area contributed by atoms with Crippen molar-refractivity contribution >= 4 is 0 Å². The van der Waals surface area contributed by atoms with Crippen molar-refractivity contribution in [1.82, 2.24) is 15.1 Å². The summed E-state index contributed by atoms with van der Waals surface area (Å²) >= 11 is 0. The number of hydrogen-bond acceptors (Lipinski definition) is 4. The Morgan fingerprint density at radius 2 is 2.11 bits per heavy atom. The molecule has 0 bridgehead atoms. The van der Waals surface area contributed by atoms with Crippen molar-refractivity contribution in [2.75, 3.05) is 52.9 Å². The predicted octanol–water partition coefficient (Wildman–Crippen LogP) is 1.03. The van der Waals surface area contributed by atoms with Crippen molar-refractivity contribution in [1.29, 1.82) is 0 Å². The molecule has 2 unspecified atom stereocenters. The van der Waals surface area contributed by atoms with Crippen molar-refractivity contribution in [2.24, 2.45) is 5.92 Å². The highest BCUT2D eigenvalue weighted by molar-refractivity contribution is 4.80. The lowest BCUT2D eigenvalue weighted by Crippen LogP contribution is -2.48. The first-order chi connectivity index (χ1) is 9.13. The zero-order valence-corrected chi connectivity index (χ0v) is 12.9. The van der Waals surface area contributed by atoms with E-state index in [2.05, 4.69) is 36.0 Å². The Morgan fingerprint density at radius 3 is 2.84 bits per heavy atom. The molecule has 0 amide bonds. The van der Waals surface area contributed by atoms with Gasteiger partial charge >= 0.3 is 0 Å². The van der Waals surface area contributed by atoms with Gasteiger partial charge in [-0.05, 0) is 38.9 Å². The van der Waals surface area contributed by atoms with Crippen LogP contribution in [-0.4, -0.2) is 74.9 Å². The van der Waals surface area contributed by atoms with E-state index >= 15 is 0 Å². The van der Waals surface area contributed by atoms with Gasteiger partial charge in [-0.2, -0.15) is 0 Å². The Labute approximate surface area is 118 Å². The second-order valence-corrected chi connectivity index (χ2v) is 6.65. The Balaban J connectivity index is 1.80. The van der Waals surface area contributed by atoms with Gasteiger partial charge in [-0.15, -0.1) is 0 Å². The maximum Gasteiger partial charge on any atom is 0.0829 e. The van der Waals surface area contributed by atoms with Gasteiger partial charge in [0.2, 0.25) is 0 Å². The molecule has 0 aromatic heterocycles. The molecule has 2 aliphatic rings. The molecule has 0 saturated carbocycles. The first-order valence-corrected chi connectivity index (χ1v) is 7.89. The first-order valence-electron chi connectivity index (χ1n) is 7.89. The predicted molar refractivity (Wildman–Crippen MR) is 79.5 cm³/mol. The fourth-order valence-electron chi connectivity index (χ4n) is 3.23. The lowest BCUT2D eigenvalue weighted by Gasteiger charge is -2.34. The van der Waals surface area contributed by atoms with Gasteiger partial charge in [0.15, 0.2) is 0 Å². The molecule has 19 heavy (non-hydrogen) atoms. The van der Waals surface area contributed by atoms with Crippen LogP contribution in [0, 0.1) is 5.92 Å². The molecule has 2 aliphatic heterocycles. The number of nitrogens with zero attached hydrogens (tertiary/aromatic N) is 2. The first kappa shape index (κ1) is 15.2. The van der Waals surface area contributed by atoms with Crippen molar-refractivity contribution < 1.29 is 4.74 Å². The Hall–Kier alpha value is -0.160.